The molecule has 1 atom stereocenters. The van der Waals surface area contributed by atoms with Crippen LogP contribution in [0.15, 0.2) is 18.2 Å². The molecular formula is C15H22N2O. The van der Waals surface area contributed by atoms with Crippen molar-refractivity contribution in [1.82, 2.24) is 10.6 Å². The van der Waals surface area contributed by atoms with Gasteiger partial charge in [-0.15, -0.1) is 0 Å². The molecule has 0 bridgehead atoms. The minimum atomic E-state index is -0.0341. The number of benzene rings is 1. The van der Waals surface area contributed by atoms with Gasteiger partial charge in [-0.05, 0) is 44.2 Å². The lowest BCUT2D eigenvalue weighted by Gasteiger charge is -2.16. The van der Waals surface area contributed by atoms with Gasteiger partial charge in [0.15, 0.2) is 0 Å². The van der Waals surface area contributed by atoms with Crippen LogP contribution >= 0.6 is 0 Å². The quantitative estimate of drug-likeness (QED) is 0.857. The van der Waals surface area contributed by atoms with Crippen molar-refractivity contribution in [3.8, 4) is 0 Å². The van der Waals surface area contributed by atoms with Crippen LogP contribution in [0.25, 0.3) is 0 Å². The number of amides is 1. The molecule has 0 spiro atoms. The summed E-state index contributed by atoms with van der Waals surface area (Å²) in [4.78, 5) is 11.8. The number of nitrogens with one attached hydrogen (secondary N) is 2. The maximum absolute atomic E-state index is 11.8. The molecule has 0 unspecified atom stereocenters. The van der Waals surface area contributed by atoms with Gasteiger partial charge < -0.3 is 10.6 Å². The van der Waals surface area contributed by atoms with Crippen LogP contribution in [0, 0.1) is 13.8 Å². The van der Waals surface area contributed by atoms with Crippen molar-refractivity contribution in [3.63, 3.8) is 0 Å². The first-order chi connectivity index (χ1) is 8.66. The fourth-order valence-electron chi connectivity index (χ4n) is 2.41. The highest BCUT2D eigenvalue weighted by molar-refractivity contribution is 5.81. The Hall–Kier alpha value is -1.35. The molecule has 98 valence electrons. The van der Waals surface area contributed by atoms with E-state index in [1.165, 1.54) is 16.7 Å². The summed E-state index contributed by atoms with van der Waals surface area (Å²) in [6.45, 7) is 5.81. The number of carbonyl (C=O) groups excluding carboxylic acids is 1. The summed E-state index contributed by atoms with van der Waals surface area (Å²) < 4.78 is 0. The van der Waals surface area contributed by atoms with E-state index in [0.29, 0.717) is 0 Å². The van der Waals surface area contributed by atoms with E-state index in [0.717, 1.165) is 32.4 Å². The fourth-order valence-corrected chi connectivity index (χ4v) is 2.41. The lowest BCUT2D eigenvalue weighted by atomic mass is 10.0. The van der Waals surface area contributed by atoms with E-state index in [2.05, 4.69) is 42.7 Å². The fraction of sp³-hybridized carbons (Fsp3) is 0.533. The van der Waals surface area contributed by atoms with Crippen LogP contribution in [0.4, 0.5) is 0 Å². The van der Waals surface area contributed by atoms with Crippen molar-refractivity contribution in [1.29, 1.82) is 0 Å². The summed E-state index contributed by atoms with van der Waals surface area (Å²) in [5.74, 6) is 0.150. The van der Waals surface area contributed by atoms with Gasteiger partial charge in [0.05, 0.1) is 6.04 Å². The summed E-state index contributed by atoms with van der Waals surface area (Å²) in [6.07, 6.45) is 3.15. The molecule has 0 radical (unpaired) electrons. The van der Waals surface area contributed by atoms with E-state index >= 15 is 0 Å². The molecular weight excluding hydrogens is 224 g/mol. The second kappa shape index (κ2) is 6.01. The monoisotopic (exact) mass is 246 g/mol. The summed E-state index contributed by atoms with van der Waals surface area (Å²) >= 11 is 0. The molecule has 1 aromatic rings. The van der Waals surface area contributed by atoms with Crippen LogP contribution in [0.3, 0.4) is 0 Å². The smallest absolute Gasteiger partial charge is 0.237 e. The molecule has 3 nitrogen and oxygen atoms in total. The van der Waals surface area contributed by atoms with E-state index < -0.39 is 0 Å². The molecule has 18 heavy (non-hydrogen) atoms. The van der Waals surface area contributed by atoms with Gasteiger partial charge in [-0.2, -0.15) is 0 Å². The van der Waals surface area contributed by atoms with E-state index in [1.54, 1.807) is 0 Å². The SMILES string of the molecule is Cc1ccc(CN[C@@H]2CCCCNC2=O)c(C)c1. The number of aryl methyl sites for hydroxylation is 2. The second-order valence-corrected chi connectivity index (χ2v) is 5.15. The van der Waals surface area contributed by atoms with Crippen molar-refractivity contribution in [3.05, 3.63) is 34.9 Å². The van der Waals surface area contributed by atoms with Crippen molar-refractivity contribution in [2.24, 2.45) is 0 Å². The lowest BCUT2D eigenvalue weighted by Crippen LogP contribution is -2.42. The van der Waals surface area contributed by atoms with Crippen LogP contribution in [0.1, 0.15) is 36.0 Å². The molecule has 3 heteroatoms. The number of hydrogen-bond donors (Lipinski definition) is 2. The molecule has 0 aromatic heterocycles. The van der Waals surface area contributed by atoms with Gasteiger partial charge in [-0.3, -0.25) is 4.79 Å². The molecule has 2 N–H and O–H groups in total. The summed E-state index contributed by atoms with van der Waals surface area (Å²) in [7, 11) is 0. The van der Waals surface area contributed by atoms with Gasteiger partial charge in [-0.1, -0.05) is 23.8 Å². The predicted octanol–water partition coefficient (Wildman–Crippen LogP) is 2.06. The van der Waals surface area contributed by atoms with Gasteiger partial charge in [0.2, 0.25) is 5.91 Å². The Bertz CT molecular complexity index is 429. The topological polar surface area (TPSA) is 41.1 Å². The van der Waals surface area contributed by atoms with Crippen molar-refractivity contribution in [2.75, 3.05) is 6.54 Å². The average Bonchev–Trinajstić information content (AvgIpc) is 2.53. The van der Waals surface area contributed by atoms with E-state index in [4.69, 9.17) is 0 Å². The van der Waals surface area contributed by atoms with Crippen molar-refractivity contribution in [2.45, 2.75) is 45.7 Å². The Morgan fingerprint density at radius 1 is 1.33 bits per heavy atom. The molecule has 1 aliphatic rings. The third-order valence-corrected chi connectivity index (χ3v) is 3.57. The van der Waals surface area contributed by atoms with Gasteiger partial charge in [0.1, 0.15) is 0 Å². The first-order valence-electron chi connectivity index (χ1n) is 6.74. The van der Waals surface area contributed by atoms with Crippen LogP contribution in [0.2, 0.25) is 0 Å². The van der Waals surface area contributed by atoms with Gasteiger partial charge in [-0.25, -0.2) is 0 Å². The highest BCUT2D eigenvalue weighted by atomic mass is 16.2. The van der Waals surface area contributed by atoms with Crippen molar-refractivity contribution >= 4 is 5.91 Å². The van der Waals surface area contributed by atoms with Crippen molar-refractivity contribution < 1.29 is 4.79 Å². The third kappa shape index (κ3) is 3.33. The molecule has 1 amide bonds. The van der Waals surface area contributed by atoms with Gasteiger partial charge >= 0.3 is 0 Å². The van der Waals surface area contributed by atoms with E-state index in [1.807, 2.05) is 0 Å². The Balaban J connectivity index is 1.95. The maximum atomic E-state index is 11.8. The molecule has 1 heterocycles. The molecule has 1 aliphatic heterocycles. The zero-order valence-corrected chi connectivity index (χ0v) is 11.3. The zero-order valence-electron chi connectivity index (χ0n) is 11.3. The molecule has 1 aromatic carbocycles. The third-order valence-electron chi connectivity index (χ3n) is 3.57. The van der Waals surface area contributed by atoms with Crippen LogP contribution < -0.4 is 10.6 Å². The van der Waals surface area contributed by atoms with Gasteiger partial charge in [0, 0.05) is 13.1 Å². The first kappa shape index (κ1) is 13.1. The highest BCUT2D eigenvalue weighted by Crippen LogP contribution is 2.12. The molecule has 0 saturated carbocycles. The van der Waals surface area contributed by atoms with Crippen LogP contribution in [-0.4, -0.2) is 18.5 Å². The molecule has 1 saturated heterocycles. The number of rotatable bonds is 3. The molecule has 2 rings (SSSR count). The standard InChI is InChI=1S/C15H22N2O/c1-11-6-7-13(12(2)9-11)10-17-14-5-3-4-8-16-15(14)18/h6-7,9,14,17H,3-5,8,10H2,1-2H3,(H,16,18)/t14-/m1/s1. The van der Waals surface area contributed by atoms with Gasteiger partial charge in [0.25, 0.3) is 0 Å². The predicted molar refractivity (Wildman–Crippen MR) is 73.4 cm³/mol. The van der Waals surface area contributed by atoms with E-state index in [-0.39, 0.29) is 11.9 Å². The minimum absolute atomic E-state index is 0.0341. The zero-order chi connectivity index (χ0) is 13.0. The Labute approximate surface area is 109 Å². The second-order valence-electron chi connectivity index (χ2n) is 5.15. The normalized spacial score (nSPS) is 20.3. The maximum Gasteiger partial charge on any atom is 0.237 e. The summed E-state index contributed by atoms with van der Waals surface area (Å²) in [5.41, 5.74) is 3.85. The first-order valence-corrected chi connectivity index (χ1v) is 6.74. The van der Waals surface area contributed by atoms with E-state index in [9.17, 15) is 4.79 Å². The summed E-state index contributed by atoms with van der Waals surface area (Å²) in [6, 6.07) is 6.42. The van der Waals surface area contributed by atoms with Crippen LogP contribution in [-0.2, 0) is 11.3 Å². The largest absolute Gasteiger partial charge is 0.355 e. The number of hydrogen-bond acceptors (Lipinski definition) is 2. The average molecular weight is 246 g/mol. The van der Waals surface area contributed by atoms with Crippen LogP contribution in [0.5, 0.6) is 0 Å². The Morgan fingerprint density at radius 2 is 2.17 bits per heavy atom. The molecule has 0 aliphatic carbocycles. The molecule has 1 fully saturated rings. The minimum Gasteiger partial charge on any atom is -0.355 e. The Kier molecular flexibility index (Phi) is 4.37. The lowest BCUT2D eigenvalue weighted by molar-refractivity contribution is -0.122. The summed E-state index contributed by atoms with van der Waals surface area (Å²) in [5, 5.41) is 6.33. The Morgan fingerprint density at radius 3 is 2.94 bits per heavy atom. The highest BCUT2D eigenvalue weighted by Gasteiger charge is 2.19. The number of carbonyl (C=O) groups is 1.